The zero-order valence-electron chi connectivity index (χ0n) is 7.71. The van der Waals surface area contributed by atoms with Crippen LogP contribution in [0.1, 0.15) is 10.4 Å². The quantitative estimate of drug-likeness (QED) is 0.847. The lowest BCUT2D eigenvalue weighted by Gasteiger charge is -2.03. The lowest BCUT2D eigenvalue weighted by atomic mass is 10.2. The molecule has 0 bridgehead atoms. The number of nitrogens with one attached hydrogen (secondary N) is 1. The maximum Gasteiger partial charge on any atom is 0.285 e. The Bertz CT molecular complexity index is 409. The summed E-state index contributed by atoms with van der Waals surface area (Å²) < 4.78 is 0. The Morgan fingerprint density at radius 2 is 1.93 bits per heavy atom. The van der Waals surface area contributed by atoms with Crippen molar-refractivity contribution in [2.24, 2.45) is 0 Å². The highest BCUT2D eigenvalue weighted by atomic mass is 35.5. The van der Waals surface area contributed by atoms with Crippen LogP contribution in [0.4, 0.5) is 4.79 Å². The molecule has 1 aromatic rings. The smallest absolute Gasteiger partial charge is 0.283 e. The molecule has 0 aliphatic rings. The molecule has 3 nitrogen and oxygen atoms in total. The summed E-state index contributed by atoms with van der Waals surface area (Å²) in [6, 6.07) is 4.41. The monoisotopic (exact) mass is 263 g/mol. The maximum absolute atomic E-state index is 11.4. The molecule has 0 fully saturated rings. The Morgan fingerprint density at radius 3 is 2.47 bits per heavy atom. The Kier molecular flexibility index (Phi) is 4.45. The standard InChI is InChI=1S/C9H7Cl2NO2S/c1-15-9(14)12-8(13)5-2-3-6(10)7(11)4-5/h2-4H,1H3,(H,12,13,14). The van der Waals surface area contributed by atoms with Crippen LogP contribution >= 0.6 is 35.0 Å². The van der Waals surface area contributed by atoms with Gasteiger partial charge in [-0.15, -0.1) is 0 Å². The van der Waals surface area contributed by atoms with Crippen molar-refractivity contribution in [2.45, 2.75) is 0 Å². The molecule has 0 atom stereocenters. The van der Waals surface area contributed by atoms with Crippen LogP contribution < -0.4 is 5.32 Å². The molecule has 1 rings (SSSR count). The molecule has 80 valence electrons. The van der Waals surface area contributed by atoms with Crippen molar-refractivity contribution in [1.29, 1.82) is 0 Å². The van der Waals surface area contributed by atoms with E-state index in [2.05, 4.69) is 5.32 Å². The summed E-state index contributed by atoms with van der Waals surface area (Å²) in [6.45, 7) is 0. The summed E-state index contributed by atoms with van der Waals surface area (Å²) in [5.41, 5.74) is 0.298. The first kappa shape index (κ1) is 12.4. The Labute approximate surface area is 101 Å². The molecule has 0 spiro atoms. The minimum absolute atomic E-state index is 0.279. The highest BCUT2D eigenvalue weighted by molar-refractivity contribution is 8.13. The second-order valence-electron chi connectivity index (χ2n) is 2.57. The predicted molar refractivity (Wildman–Crippen MR) is 62.8 cm³/mol. The highest BCUT2D eigenvalue weighted by Crippen LogP contribution is 2.22. The number of carbonyl (C=O) groups excluding carboxylic acids is 2. The Balaban J connectivity index is 2.83. The van der Waals surface area contributed by atoms with Crippen LogP contribution in [0.2, 0.25) is 10.0 Å². The average Bonchev–Trinajstić information content (AvgIpc) is 2.21. The number of benzene rings is 1. The molecule has 0 radical (unpaired) electrons. The van der Waals surface area contributed by atoms with Crippen LogP contribution in [0.15, 0.2) is 18.2 Å². The number of halogens is 2. The number of amides is 2. The second-order valence-corrected chi connectivity index (χ2v) is 4.17. The summed E-state index contributed by atoms with van der Waals surface area (Å²) in [4.78, 5) is 22.3. The van der Waals surface area contributed by atoms with Crippen molar-refractivity contribution in [1.82, 2.24) is 5.32 Å². The summed E-state index contributed by atoms with van der Waals surface area (Å²) in [5.74, 6) is -0.493. The molecule has 0 saturated heterocycles. The summed E-state index contributed by atoms with van der Waals surface area (Å²) in [5, 5.41) is 2.41. The lowest BCUT2D eigenvalue weighted by molar-refractivity contribution is 0.0969. The molecular weight excluding hydrogens is 257 g/mol. The zero-order valence-corrected chi connectivity index (χ0v) is 10.0. The predicted octanol–water partition coefficient (Wildman–Crippen LogP) is 3.21. The van der Waals surface area contributed by atoms with E-state index < -0.39 is 11.1 Å². The van der Waals surface area contributed by atoms with E-state index in [4.69, 9.17) is 23.2 Å². The lowest BCUT2D eigenvalue weighted by Crippen LogP contribution is -2.26. The minimum atomic E-state index is -0.493. The number of hydrogen-bond acceptors (Lipinski definition) is 3. The fourth-order valence-electron chi connectivity index (χ4n) is 0.853. The summed E-state index contributed by atoms with van der Waals surface area (Å²) in [6.07, 6.45) is 1.58. The van der Waals surface area contributed by atoms with E-state index in [9.17, 15) is 9.59 Å². The third-order valence-corrected chi connectivity index (χ3v) is 2.79. The fraction of sp³-hybridized carbons (Fsp3) is 0.111. The van der Waals surface area contributed by atoms with Crippen molar-refractivity contribution in [3.05, 3.63) is 33.8 Å². The fourth-order valence-corrected chi connectivity index (χ4v) is 1.35. The van der Waals surface area contributed by atoms with E-state index in [1.54, 1.807) is 6.26 Å². The number of carbonyl (C=O) groups is 2. The van der Waals surface area contributed by atoms with Gasteiger partial charge in [0.05, 0.1) is 10.0 Å². The molecule has 2 amide bonds. The first-order valence-corrected chi connectivity index (χ1v) is 5.87. The van der Waals surface area contributed by atoms with Crippen molar-refractivity contribution in [3.8, 4) is 0 Å². The number of thioether (sulfide) groups is 1. The zero-order chi connectivity index (χ0) is 11.4. The molecule has 0 aliphatic heterocycles. The molecule has 0 aromatic heterocycles. The molecule has 0 heterocycles. The van der Waals surface area contributed by atoms with Gasteiger partial charge in [0, 0.05) is 5.56 Å². The summed E-state index contributed by atoms with van der Waals surface area (Å²) >= 11 is 12.3. The minimum Gasteiger partial charge on any atom is -0.283 e. The summed E-state index contributed by atoms with van der Waals surface area (Å²) in [7, 11) is 0. The van der Waals surface area contributed by atoms with Gasteiger partial charge in [0.2, 0.25) is 0 Å². The van der Waals surface area contributed by atoms with Gasteiger partial charge in [-0.2, -0.15) is 0 Å². The van der Waals surface area contributed by atoms with E-state index in [1.165, 1.54) is 18.2 Å². The first-order chi connectivity index (χ1) is 7.04. The number of hydrogen-bond donors (Lipinski definition) is 1. The second kappa shape index (κ2) is 5.39. The van der Waals surface area contributed by atoms with Crippen molar-refractivity contribution in [3.63, 3.8) is 0 Å². The van der Waals surface area contributed by atoms with E-state index in [1.807, 2.05) is 0 Å². The first-order valence-electron chi connectivity index (χ1n) is 3.89. The van der Waals surface area contributed by atoms with Crippen LogP contribution in [0.5, 0.6) is 0 Å². The molecule has 1 aromatic carbocycles. The van der Waals surface area contributed by atoms with Gasteiger partial charge >= 0.3 is 0 Å². The van der Waals surface area contributed by atoms with Crippen LogP contribution in [0.3, 0.4) is 0 Å². The van der Waals surface area contributed by atoms with E-state index in [0.717, 1.165) is 11.8 Å². The van der Waals surface area contributed by atoms with Crippen molar-refractivity contribution < 1.29 is 9.59 Å². The van der Waals surface area contributed by atoms with Crippen LogP contribution in [-0.4, -0.2) is 17.4 Å². The molecule has 6 heteroatoms. The number of rotatable bonds is 1. The van der Waals surface area contributed by atoms with Crippen molar-refractivity contribution in [2.75, 3.05) is 6.26 Å². The van der Waals surface area contributed by atoms with Gasteiger partial charge in [0.1, 0.15) is 0 Å². The molecule has 15 heavy (non-hydrogen) atoms. The van der Waals surface area contributed by atoms with Gasteiger partial charge in [0.15, 0.2) is 0 Å². The molecular formula is C9H7Cl2NO2S. The van der Waals surface area contributed by atoms with Crippen molar-refractivity contribution >= 4 is 46.1 Å². The van der Waals surface area contributed by atoms with Gasteiger partial charge < -0.3 is 0 Å². The molecule has 0 saturated carbocycles. The molecule has 1 N–H and O–H groups in total. The topological polar surface area (TPSA) is 46.2 Å². The van der Waals surface area contributed by atoms with Gasteiger partial charge in [-0.1, -0.05) is 35.0 Å². The third kappa shape index (κ3) is 3.41. The normalized spacial score (nSPS) is 9.80. The van der Waals surface area contributed by atoms with Crippen LogP contribution in [0, 0.1) is 0 Å². The molecule has 0 aliphatic carbocycles. The van der Waals surface area contributed by atoms with Crippen LogP contribution in [-0.2, 0) is 0 Å². The van der Waals surface area contributed by atoms with E-state index in [0.29, 0.717) is 10.6 Å². The molecule has 0 unspecified atom stereocenters. The van der Waals surface area contributed by atoms with E-state index in [-0.39, 0.29) is 5.02 Å². The maximum atomic E-state index is 11.4. The van der Waals surface area contributed by atoms with Gasteiger partial charge in [-0.3, -0.25) is 14.9 Å². The SMILES string of the molecule is CSC(=O)NC(=O)c1ccc(Cl)c(Cl)c1. The third-order valence-electron chi connectivity index (χ3n) is 1.58. The Hall–Kier alpha value is -0.710. The van der Waals surface area contributed by atoms with Gasteiger partial charge in [-0.25, -0.2) is 0 Å². The number of imide groups is 1. The van der Waals surface area contributed by atoms with Crippen LogP contribution in [0.25, 0.3) is 0 Å². The van der Waals surface area contributed by atoms with E-state index >= 15 is 0 Å². The highest BCUT2D eigenvalue weighted by Gasteiger charge is 2.10. The Morgan fingerprint density at radius 1 is 1.27 bits per heavy atom. The van der Waals surface area contributed by atoms with Gasteiger partial charge in [-0.05, 0) is 24.5 Å². The van der Waals surface area contributed by atoms with Gasteiger partial charge in [0.25, 0.3) is 11.1 Å². The largest absolute Gasteiger partial charge is 0.285 e. The average molecular weight is 264 g/mol.